The van der Waals surface area contributed by atoms with E-state index in [2.05, 4.69) is 88.0 Å². The zero-order valence-electron chi connectivity index (χ0n) is 20.8. The van der Waals surface area contributed by atoms with Crippen LogP contribution in [0.2, 0.25) is 0 Å². The molecule has 3 aromatic heterocycles. The number of pyridine rings is 1. The summed E-state index contributed by atoms with van der Waals surface area (Å²) in [5, 5.41) is 4.42. The SMILES string of the molecule is CC[C@@H]1CCc2ccc(-n3c(C)cc4cnc(Nc5ccc(N6CCN(C)CC6)cc5)nc43)nc21. The first-order chi connectivity index (χ1) is 17.1. The molecular formula is C28H33N7. The van der Waals surface area contributed by atoms with Gasteiger partial charge in [0.2, 0.25) is 5.95 Å². The van der Waals surface area contributed by atoms with Crippen LogP contribution in [0.1, 0.15) is 42.6 Å². The van der Waals surface area contributed by atoms with Crippen LogP contribution < -0.4 is 10.2 Å². The third kappa shape index (κ3) is 4.14. The van der Waals surface area contributed by atoms with E-state index in [-0.39, 0.29) is 0 Å². The largest absolute Gasteiger partial charge is 0.369 e. The van der Waals surface area contributed by atoms with E-state index in [1.165, 1.54) is 23.4 Å². The molecule has 1 fully saturated rings. The van der Waals surface area contributed by atoms with Crippen LogP contribution in [0, 0.1) is 6.92 Å². The highest BCUT2D eigenvalue weighted by Gasteiger charge is 2.24. The Bertz CT molecular complexity index is 1350. The van der Waals surface area contributed by atoms with Gasteiger partial charge in [-0.2, -0.15) is 4.98 Å². The van der Waals surface area contributed by atoms with Gasteiger partial charge in [-0.3, -0.25) is 4.57 Å². The van der Waals surface area contributed by atoms with Crippen molar-refractivity contribution in [1.29, 1.82) is 0 Å². The van der Waals surface area contributed by atoms with Gasteiger partial charge in [-0.15, -0.1) is 0 Å². The highest BCUT2D eigenvalue weighted by Crippen LogP contribution is 2.35. The maximum atomic E-state index is 5.11. The van der Waals surface area contributed by atoms with Gasteiger partial charge in [0.15, 0.2) is 5.65 Å². The molecule has 35 heavy (non-hydrogen) atoms. The Hall–Kier alpha value is -3.45. The van der Waals surface area contributed by atoms with Gasteiger partial charge in [0.05, 0.1) is 0 Å². The number of rotatable bonds is 5. The Labute approximate surface area is 206 Å². The van der Waals surface area contributed by atoms with Gasteiger partial charge in [0, 0.05) is 66.4 Å². The first kappa shape index (κ1) is 22.0. The van der Waals surface area contributed by atoms with Crippen molar-refractivity contribution < 1.29 is 0 Å². The molecule has 180 valence electrons. The average molecular weight is 468 g/mol. The molecule has 0 bridgehead atoms. The third-order valence-corrected chi connectivity index (χ3v) is 7.59. The normalized spacial score (nSPS) is 18.3. The summed E-state index contributed by atoms with van der Waals surface area (Å²) in [5.74, 6) is 2.10. The zero-order valence-corrected chi connectivity index (χ0v) is 20.8. The summed E-state index contributed by atoms with van der Waals surface area (Å²) in [7, 11) is 2.18. The molecule has 1 aromatic carbocycles. The Kier molecular flexibility index (Phi) is 5.65. The minimum absolute atomic E-state index is 0.563. The van der Waals surface area contributed by atoms with Crippen molar-refractivity contribution >= 4 is 28.4 Å². The maximum absolute atomic E-state index is 5.11. The lowest BCUT2D eigenvalue weighted by Gasteiger charge is -2.34. The van der Waals surface area contributed by atoms with Crippen molar-refractivity contribution in [2.45, 2.75) is 39.0 Å². The predicted octanol–water partition coefficient (Wildman–Crippen LogP) is 5.06. The van der Waals surface area contributed by atoms with Crippen LogP contribution >= 0.6 is 0 Å². The molecular weight excluding hydrogens is 434 g/mol. The number of likely N-dealkylation sites (N-methyl/N-ethyl adjacent to an activating group) is 1. The molecule has 0 unspecified atom stereocenters. The number of piperazine rings is 1. The highest BCUT2D eigenvalue weighted by atomic mass is 15.2. The van der Waals surface area contributed by atoms with Crippen LogP contribution in [-0.2, 0) is 6.42 Å². The molecule has 2 aliphatic rings. The van der Waals surface area contributed by atoms with Crippen molar-refractivity contribution in [3.8, 4) is 5.82 Å². The van der Waals surface area contributed by atoms with Crippen LogP contribution in [0.15, 0.2) is 48.7 Å². The van der Waals surface area contributed by atoms with Gasteiger partial charge < -0.3 is 15.1 Å². The van der Waals surface area contributed by atoms with Crippen LogP contribution in [0.25, 0.3) is 16.9 Å². The quantitative estimate of drug-likeness (QED) is 0.443. The van der Waals surface area contributed by atoms with E-state index < -0.39 is 0 Å². The fourth-order valence-corrected chi connectivity index (χ4v) is 5.46. The first-order valence-corrected chi connectivity index (χ1v) is 12.7. The second-order valence-corrected chi connectivity index (χ2v) is 9.91. The second-order valence-electron chi connectivity index (χ2n) is 9.91. The second kappa shape index (κ2) is 8.96. The number of nitrogens with one attached hydrogen (secondary N) is 1. The number of aryl methyl sites for hydroxylation is 2. The van der Waals surface area contributed by atoms with Gasteiger partial charge in [0.1, 0.15) is 5.82 Å². The molecule has 0 amide bonds. The Morgan fingerprint density at radius 3 is 2.57 bits per heavy atom. The van der Waals surface area contributed by atoms with Crippen LogP contribution in [0.3, 0.4) is 0 Å². The molecule has 4 aromatic rings. The highest BCUT2D eigenvalue weighted by molar-refractivity contribution is 5.80. The van der Waals surface area contributed by atoms with Crippen LogP contribution in [0.5, 0.6) is 0 Å². The van der Waals surface area contributed by atoms with Gasteiger partial charge in [0.25, 0.3) is 0 Å². The fraction of sp³-hybridized carbons (Fsp3) is 0.393. The molecule has 0 saturated carbocycles. The van der Waals surface area contributed by atoms with Crippen LogP contribution in [-0.4, -0.2) is 57.6 Å². The van der Waals surface area contributed by atoms with Crippen molar-refractivity contribution in [3.05, 3.63) is 65.6 Å². The summed E-state index contributed by atoms with van der Waals surface area (Å²) < 4.78 is 2.16. The van der Waals surface area contributed by atoms with E-state index in [0.29, 0.717) is 11.9 Å². The number of anilines is 3. The number of hydrogen-bond acceptors (Lipinski definition) is 6. The van der Waals surface area contributed by atoms with Gasteiger partial charge in [-0.25, -0.2) is 9.97 Å². The molecule has 1 N–H and O–H groups in total. The zero-order chi connectivity index (χ0) is 23.9. The molecule has 7 nitrogen and oxygen atoms in total. The minimum Gasteiger partial charge on any atom is -0.369 e. The minimum atomic E-state index is 0.563. The third-order valence-electron chi connectivity index (χ3n) is 7.59. The summed E-state index contributed by atoms with van der Waals surface area (Å²) in [4.78, 5) is 19.4. The number of hydrogen-bond donors (Lipinski definition) is 1. The van der Waals surface area contributed by atoms with E-state index in [0.717, 1.165) is 67.3 Å². The van der Waals surface area contributed by atoms with E-state index >= 15 is 0 Å². The summed E-state index contributed by atoms with van der Waals surface area (Å²) in [6, 6.07) is 15.1. The molecule has 6 rings (SSSR count). The predicted molar refractivity (Wildman–Crippen MR) is 142 cm³/mol. The molecule has 1 saturated heterocycles. The topological polar surface area (TPSA) is 62.1 Å². The van der Waals surface area contributed by atoms with E-state index in [9.17, 15) is 0 Å². The number of benzene rings is 1. The Morgan fingerprint density at radius 1 is 1.00 bits per heavy atom. The van der Waals surface area contributed by atoms with Crippen molar-refractivity contribution in [2.75, 3.05) is 43.4 Å². The summed E-state index contributed by atoms with van der Waals surface area (Å²) >= 11 is 0. The Balaban J connectivity index is 1.27. The molecule has 1 aliphatic heterocycles. The van der Waals surface area contributed by atoms with Gasteiger partial charge in [-0.05, 0) is 75.2 Å². The Morgan fingerprint density at radius 2 is 1.80 bits per heavy atom. The van der Waals surface area contributed by atoms with E-state index in [1.807, 2.05) is 6.20 Å². The van der Waals surface area contributed by atoms with Crippen molar-refractivity contribution in [3.63, 3.8) is 0 Å². The molecule has 7 heteroatoms. The molecule has 1 atom stereocenters. The molecule has 0 spiro atoms. The van der Waals surface area contributed by atoms with Crippen LogP contribution in [0.4, 0.5) is 17.3 Å². The maximum Gasteiger partial charge on any atom is 0.229 e. The molecule has 1 aliphatic carbocycles. The number of aromatic nitrogens is 4. The molecule has 4 heterocycles. The number of fused-ring (bicyclic) bond motifs is 2. The summed E-state index contributed by atoms with van der Waals surface area (Å²) in [5.41, 5.74) is 6.90. The standard InChI is InChI=1S/C28H33N7/c1-4-20-5-6-21-7-12-25(31-26(20)21)35-19(2)17-22-18-29-28(32-27(22)35)30-23-8-10-24(11-9-23)34-15-13-33(3)14-16-34/h7-12,17-18,20H,4-6,13-16H2,1-3H3,(H,29,30,32)/t20-/m1/s1. The van der Waals surface area contributed by atoms with E-state index in [4.69, 9.17) is 9.97 Å². The lowest BCUT2D eigenvalue weighted by molar-refractivity contribution is 0.313. The average Bonchev–Trinajstić information content (AvgIpc) is 3.44. The number of nitrogens with zero attached hydrogens (tertiary/aromatic N) is 6. The summed E-state index contributed by atoms with van der Waals surface area (Å²) in [6.45, 7) is 8.70. The monoisotopic (exact) mass is 467 g/mol. The molecule has 0 radical (unpaired) electrons. The van der Waals surface area contributed by atoms with Crippen molar-refractivity contribution in [2.24, 2.45) is 0 Å². The summed E-state index contributed by atoms with van der Waals surface area (Å²) in [6.07, 6.45) is 5.38. The van der Waals surface area contributed by atoms with E-state index in [1.54, 1.807) is 0 Å². The lowest BCUT2D eigenvalue weighted by atomic mass is 10.0. The van der Waals surface area contributed by atoms with Gasteiger partial charge >= 0.3 is 0 Å². The first-order valence-electron chi connectivity index (χ1n) is 12.7. The fourth-order valence-electron chi connectivity index (χ4n) is 5.46. The lowest BCUT2D eigenvalue weighted by Crippen LogP contribution is -2.44. The van der Waals surface area contributed by atoms with Crippen molar-refractivity contribution in [1.82, 2.24) is 24.4 Å². The van der Waals surface area contributed by atoms with Gasteiger partial charge in [-0.1, -0.05) is 13.0 Å². The smallest absolute Gasteiger partial charge is 0.229 e.